The molecule has 4 aliphatic rings. The van der Waals surface area contributed by atoms with Crippen LogP contribution in [0.3, 0.4) is 0 Å². The van der Waals surface area contributed by atoms with Gasteiger partial charge in [0, 0.05) is 6.42 Å². The monoisotopic (exact) mass is 666 g/mol. The molecule has 3 saturated carbocycles. The maximum atomic E-state index is 14.3. The minimum atomic E-state index is -6.60. The van der Waals surface area contributed by atoms with Crippen molar-refractivity contribution in [2.45, 2.75) is 129 Å². The summed E-state index contributed by atoms with van der Waals surface area (Å²) >= 11 is 0. The maximum Gasteiger partial charge on any atom is 0.471 e. The van der Waals surface area contributed by atoms with Crippen LogP contribution in [0.4, 0.5) is 35.1 Å². The molecule has 4 aliphatic carbocycles. The number of alkyl halides is 8. The second-order valence-corrected chi connectivity index (χ2v) is 16.4. The number of allylic oxidation sites excluding steroid dienone is 2. The molecule has 0 aromatic carbocycles. The molecule has 13 heteroatoms. The Kier molecular flexibility index (Phi) is 9.88. The zero-order chi connectivity index (χ0) is 33.1. The minimum Gasteiger partial charge on any atom is -0.383 e. The summed E-state index contributed by atoms with van der Waals surface area (Å²) in [7, 11) is -6.60. The number of ether oxygens (including phenoxy) is 1. The van der Waals surface area contributed by atoms with E-state index in [-0.39, 0.29) is 23.2 Å². The fourth-order valence-corrected chi connectivity index (χ4v) is 10.4. The second-order valence-electron chi connectivity index (χ2n) is 14.8. The van der Waals surface area contributed by atoms with Gasteiger partial charge in [-0.15, -0.1) is 0 Å². The lowest BCUT2D eigenvalue weighted by atomic mass is 9.45. The highest BCUT2D eigenvalue weighted by Crippen LogP contribution is 2.68. The molecule has 0 unspecified atom stereocenters. The molecule has 4 nitrogen and oxygen atoms in total. The Hall–Kier alpha value is -1.11. The quantitative estimate of drug-likeness (QED) is 0.154. The highest BCUT2D eigenvalue weighted by Gasteiger charge is 2.73. The Morgan fingerprint density at radius 1 is 0.886 bits per heavy atom. The summed E-state index contributed by atoms with van der Waals surface area (Å²) in [6.07, 6.45) is -6.17. The molecule has 256 valence electrons. The van der Waals surface area contributed by atoms with Crippen molar-refractivity contribution in [3.8, 4) is 0 Å². The number of fused-ring (bicyclic) bond motifs is 5. The number of rotatable bonds is 12. The largest absolute Gasteiger partial charge is 0.471 e. The number of hydrogen-bond acceptors (Lipinski definition) is 4. The van der Waals surface area contributed by atoms with E-state index in [0.717, 1.165) is 25.7 Å². The van der Waals surface area contributed by atoms with Crippen molar-refractivity contribution in [1.82, 2.24) is 0 Å². The van der Waals surface area contributed by atoms with Crippen molar-refractivity contribution in [2.24, 2.45) is 52.3 Å². The Morgan fingerprint density at radius 2 is 1.52 bits per heavy atom. The Bertz CT molecular complexity index is 1180. The van der Waals surface area contributed by atoms with E-state index in [0.29, 0.717) is 48.3 Å². The summed E-state index contributed by atoms with van der Waals surface area (Å²) in [6.45, 7) is 11.4. The van der Waals surface area contributed by atoms with Gasteiger partial charge in [-0.1, -0.05) is 53.9 Å². The molecular weight excluding hydrogens is 620 g/mol. The van der Waals surface area contributed by atoms with Crippen LogP contribution in [0.15, 0.2) is 11.8 Å². The summed E-state index contributed by atoms with van der Waals surface area (Å²) in [5.74, 6) is 2.60. The van der Waals surface area contributed by atoms with E-state index in [2.05, 4.69) is 43.5 Å². The fraction of sp³-hybridized carbons (Fsp3) is 0.935. The fourth-order valence-electron chi connectivity index (χ4n) is 9.54. The van der Waals surface area contributed by atoms with Gasteiger partial charge in [0.15, 0.2) is 0 Å². The average molecular weight is 667 g/mol. The molecule has 0 radical (unpaired) electrons. The highest BCUT2D eigenvalue weighted by atomic mass is 32.2. The van der Waals surface area contributed by atoms with Crippen LogP contribution in [0, 0.1) is 52.3 Å². The van der Waals surface area contributed by atoms with E-state index in [1.54, 1.807) is 0 Å². The molecule has 0 spiro atoms. The first-order chi connectivity index (χ1) is 20.1. The third kappa shape index (κ3) is 6.27. The van der Waals surface area contributed by atoms with Gasteiger partial charge in [0.05, 0.1) is 0 Å². The third-order valence-corrected chi connectivity index (χ3v) is 13.1. The molecule has 0 saturated heterocycles. The van der Waals surface area contributed by atoms with Crippen molar-refractivity contribution in [1.29, 1.82) is 0 Å². The molecule has 44 heavy (non-hydrogen) atoms. The average Bonchev–Trinajstić information content (AvgIpc) is 3.25. The van der Waals surface area contributed by atoms with Crippen molar-refractivity contribution in [2.75, 3.05) is 0 Å². The van der Waals surface area contributed by atoms with Gasteiger partial charge in [-0.25, -0.2) is 13.5 Å². The van der Waals surface area contributed by atoms with Crippen LogP contribution in [0.2, 0.25) is 0 Å². The first-order valence-corrected chi connectivity index (χ1v) is 17.3. The molecule has 0 aromatic heterocycles. The number of halogens is 8. The predicted octanol–water partition coefficient (Wildman–Crippen LogP) is 10.0. The van der Waals surface area contributed by atoms with E-state index < -0.39 is 39.8 Å². The van der Waals surface area contributed by atoms with Gasteiger partial charge < -0.3 is 4.18 Å². The van der Waals surface area contributed by atoms with Crippen LogP contribution >= 0.6 is 0 Å². The molecular formula is C31H46F8O4S. The molecule has 0 aliphatic heterocycles. The maximum absolute atomic E-state index is 14.3. The summed E-state index contributed by atoms with van der Waals surface area (Å²) in [6, 6.07) is 0. The second kappa shape index (κ2) is 12.2. The van der Waals surface area contributed by atoms with Gasteiger partial charge in [0.25, 0.3) is 0 Å². The summed E-state index contributed by atoms with van der Waals surface area (Å²) in [5.41, 5.74) is -0.0365. The van der Waals surface area contributed by atoms with Crippen LogP contribution in [0.25, 0.3) is 0 Å². The highest BCUT2D eigenvalue weighted by molar-refractivity contribution is 7.88. The predicted molar refractivity (Wildman–Crippen MR) is 148 cm³/mol. The lowest BCUT2D eigenvalue weighted by molar-refractivity contribution is -0.435. The Labute approximate surface area is 255 Å². The van der Waals surface area contributed by atoms with Gasteiger partial charge in [0.2, 0.25) is 0 Å². The SMILES string of the molecule is CC(C)CCC[C@@H](C)[C@H]1CC[C@H]2[C@@H]3CC[C@H]4C=C(OS(=O)(=O)C(F)(F)C(F)(F)OC(F)(F)C(F)F)CC[C@]4(C)[C@H]3CC[C@]12C. The smallest absolute Gasteiger partial charge is 0.383 e. The normalized spacial score (nSPS) is 35.6. The molecule has 0 bridgehead atoms. The van der Waals surface area contributed by atoms with Gasteiger partial charge in [0.1, 0.15) is 5.76 Å². The van der Waals surface area contributed by atoms with Gasteiger partial charge in [-0.3, -0.25) is 0 Å². The molecule has 0 N–H and O–H groups in total. The van der Waals surface area contributed by atoms with Crippen LogP contribution in [0.1, 0.15) is 105 Å². The molecule has 4 rings (SSSR count). The molecule has 0 heterocycles. The first-order valence-electron chi connectivity index (χ1n) is 15.9. The summed E-state index contributed by atoms with van der Waals surface area (Å²) in [4.78, 5) is 0. The van der Waals surface area contributed by atoms with Crippen LogP contribution < -0.4 is 0 Å². The third-order valence-electron chi connectivity index (χ3n) is 11.8. The van der Waals surface area contributed by atoms with Crippen molar-refractivity contribution >= 4 is 10.1 Å². The number of hydrogen-bond donors (Lipinski definition) is 0. The molecule has 3 fully saturated rings. The zero-order valence-corrected chi connectivity index (χ0v) is 26.9. The Balaban J connectivity index is 1.46. The lowest BCUT2D eigenvalue weighted by Gasteiger charge is -2.60. The minimum absolute atomic E-state index is 0.136. The van der Waals surface area contributed by atoms with E-state index in [4.69, 9.17) is 0 Å². The van der Waals surface area contributed by atoms with E-state index in [9.17, 15) is 43.5 Å². The summed E-state index contributed by atoms with van der Waals surface area (Å²) < 4.78 is 138. The topological polar surface area (TPSA) is 52.6 Å². The first kappa shape index (κ1) is 35.7. The van der Waals surface area contributed by atoms with E-state index >= 15 is 0 Å². The van der Waals surface area contributed by atoms with Crippen LogP contribution in [-0.2, 0) is 19.0 Å². The zero-order valence-electron chi connectivity index (χ0n) is 26.0. The Morgan fingerprint density at radius 3 is 2.14 bits per heavy atom. The van der Waals surface area contributed by atoms with Crippen molar-refractivity contribution < 1.29 is 52.5 Å². The molecule has 0 amide bonds. The van der Waals surface area contributed by atoms with Gasteiger partial charge in [-0.05, 0) is 103 Å². The van der Waals surface area contributed by atoms with Gasteiger partial charge >= 0.3 is 34.0 Å². The van der Waals surface area contributed by atoms with E-state index in [1.165, 1.54) is 31.8 Å². The lowest BCUT2D eigenvalue weighted by Crippen LogP contribution is -2.54. The molecule has 8 atom stereocenters. The summed E-state index contributed by atoms with van der Waals surface area (Å²) in [5, 5.41) is -6.36. The molecule has 0 aromatic rings. The standard InChI is InChI=1S/C31H46F8O4S/c1-18(2)7-6-8-19(3)23-11-12-24-22-10-9-20-17-21(13-15-27(20,4)25(22)14-16-28(23,24)5)42-44(40,41)31(38,39)30(36,37)43-29(34,35)26(32)33/h17-20,22-26H,6-16H2,1-5H3/t19-,20+,22+,23-,24+,25+,27+,28-/m1/s1. The van der Waals surface area contributed by atoms with Crippen molar-refractivity contribution in [3.05, 3.63) is 11.8 Å². The van der Waals surface area contributed by atoms with Crippen molar-refractivity contribution in [3.63, 3.8) is 0 Å². The van der Waals surface area contributed by atoms with E-state index in [1.807, 2.05) is 0 Å². The van der Waals surface area contributed by atoms with Crippen LogP contribution in [-0.4, -0.2) is 32.3 Å². The van der Waals surface area contributed by atoms with Crippen LogP contribution in [0.5, 0.6) is 0 Å². The van der Waals surface area contributed by atoms with Gasteiger partial charge in [-0.2, -0.15) is 34.8 Å².